The molecule has 17 nitrogen and oxygen atoms in total. The maximum Gasteiger partial charge on any atom is 0.472 e. The van der Waals surface area contributed by atoms with Crippen molar-refractivity contribution in [2.75, 3.05) is 39.6 Å². The predicted octanol–water partition coefficient (Wildman–Crippen LogP) is 18.8. The molecule has 0 bridgehead atoms. The zero-order chi connectivity index (χ0) is 63.6. The van der Waals surface area contributed by atoms with Gasteiger partial charge in [0.1, 0.15) is 19.3 Å². The molecular weight excluding hydrogens is 1140 g/mol. The van der Waals surface area contributed by atoms with Gasteiger partial charge in [-0.3, -0.25) is 37.3 Å². The zero-order valence-electron chi connectivity index (χ0n) is 55.6. The van der Waals surface area contributed by atoms with Crippen molar-refractivity contribution in [2.45, 2.75) is 355 Å². The number of hydrogen-bond acceptors (Lipinski definition) is 15. The molecule has 0 radical (unpaired) electrons. The molecule has 0 fully saturated rings. The van der Waals surface area contributed by atoms with Crippen LogP contribution in [-0.4, -0.2) is 96.7 Å². The van der Waals surface area contributed by atoms with E-state index >= 15 is 0 Å². The van der Waals surface area contributed by atoms with E-state index in [-0.39, 0.29) is 25.7 Å². The fourth-order valence-electron chi connectivity index (χ4n) is 10.1. The number of phosphoric ester groups is 2. The van der Waals surface area contributed by atoms with Crippen LogP contribution in [0.5, 0.6) is 0 Å². The van der Waals surface area contributed by atoms with E-state index in [1.54, 1.807) is 0 Å². The van der Waals surface area contributed by atoms with Crippen LogP contribution in [0.25, 0.3) is 0 Å². The fraction of sp³-hybridized carbons (Fsp3) is 0.940. The third-order valence-corrected chi connectivity index (χ3v) is 17.4. The average molecular weight is 1270 g/mol. The van der Waals surface area contributed by atoms with Crippen molar-refractivity contribution in [3.8, 4) is 0 Å². The van der Waals surface area contributed by atoms with Gasteiger partial charge in [-0.15, -0.1) is 0 Å². The van der Waals surface area contributed by atoms with Crippen LogP contribution in [0.3, 0.4) is 0 Å². The number of carbonyl (C=O) groups is 4. The first-order valence-corrected chi connectivity index (χ1v) is 38.0. The van der Waals surface area contributed by atoms with Crippen LogP contribution in [0.2, 0.25) is 0 Å². The number of phosphoric acid groups is 2. The zero-order valence-corrected chi connectivity index (χ0v) is 57.4. The standard InChI is InChI=1S/C67H130O17P2/c1-7-9-11-13-15-16-17-18-19-27-33-39-45-51-66(71)83-62(55-77-64(69)49-43-37-29-14-12-10-8-2)57-81-85(73,74)79-53-61(68)54-80-86(75,76)82-58-63(84-67(72)52-46-40-34-28-23-21-25-31-36-42-48-60(5)6)56-78-65(70)50-44-38-32-26-22-20-24-30-35-41-47-59(3)4/h59-63,68H,7-58H2,1-6H3,(H,73,74)(H,75,76)/t61-,62+,63+/m0/s1. The number of esters is 4. The topological polar surface area (TPSA) is 237 Å². The summed E-state index contributed by atoms with van der Waals surface area (Å²) < 4.78 is 68.1. The fourth-order valence-corrected chi connectivity index (χ4v) is 11.6. The summed E-state index contributed by atoms with van der Waals surface area (Å²) in [5, 5.41) is 10.6. The minimum Gasteiger partial charge on any atom is -0.462 e. The summed E-state index contributed by atoms with van der Waals surface area (Å²) in [6.45, 7) is 9.47. The molecule has 0 heterocycles. The molecule has 19 heteroatoms. The molecule has 0 amide bonds. The minimum absolute atomic E-state index is 0.106. The Morgan fingerprint density at radius 2 is 0.535 bits per heavy atom. The minimum atomic E-state index is -4.95. The summed E-state index contributed by atoms with van der Waals surface area (Å²) in [6.07, 6.45) is 43.1. The monoisotopic (exact) mass is 1270 g/mol. The number of rotatable bonds is 66. The largest absolute Gasteiger partial charge is 0.472 e. The molecule has 3 N–H and O–H groups in total. The van der Waals surface area contributed by atoms with Gasteiger partial charge >= 0.3 is 39.5 Å². The molecule has 0 aromatic carbocycles. The predicted molar refractivity (Wildman–Crippen MR) is 345 cm³/mol. The Bertz CT molecular complexity index is 1680. The number of aliphatic hydroxyl groups is 1. The van der Waals surface area contributed by atoms with Gasteiger partial charge in [0, 0.05) is 25.7 Å². The van der Waals surface area contributed by atoms with E-state index in [2.05, 4.69) is 41.5 Å². The Balaban J connectivity index is 5.22. The Hall–Kier alpha value is -1.94. The van der Waals surface area contributed by atoms with Crippen molar-refractivity contribution in [3.63, 3.8) is 0 Å². The molecule has 0 rings (SSSR count). The van der Waals surface area contributed by atoms with Crippen molar-refractivity contribution in [1.29, 1.82) is 0 Å². The Kier molecular flexibility index (Phi) is 58.0. The molecule has 5 atom stereocenters. The van der Waals surface area contributed by atoms with Gasteiger partial charge in [-0.2, -0.15) is 0 Å². The smallest absolute Gasteiger partial charge is 0.462 e. The Morgan fingerprint density at radius 1 is 0.314 bits per heavy atom. The van der Waals surface area contributed by atoms with Crippen LogP contribution in [-0.2, 0) is 65.4 Å². The van der Waals surface area contributed by atoms with Gasteiger partial charge in [0.15, 0.2) is 12.2 Å². The van der Waals surface area contributed by atoms with Crippen molar-refractivity contribution in [2.24, 2.45) is 11.8 Å². The lowest BCUT2D eigenvalue weighted by Gasteiger charge is -2.21. The SMILES string of the molecule is CCCCCCCCCCCCCCCC(=O)O[C@H](COC(=O)CCCCCCCCC)COP(=O)(O)OC[C@H](O)COP(=O)(O)OC[C@@H](COC(=O)CCCCCCCCCCCCC(C)C)OC(=O)CCCCCCCCCCCCC(C)C. The second-order valence-electron chi connectivity index (χ2n) is 25.2. The van der Waals surface area contributed by atoms with Gasteiger partial charge in [0.05, 0.1) is 26.4 Å². The van der Waals surface area contributed by atoms with E-state index < -0.39 is 97.5 Å². The summed E-state index contributed by atoms with van der Waals surface area (Å²) in [4.78, 5) is 72.3. The molecule has 0 aliphatic carbocycles. The maximum absolute atomic E-state index is 13.0. The first-order valence-electron chi connectivity index (χ1n) is 35.0. The van der Waals surface area contributed by atoms with Gasteiger partial charge in [0.25, 0.3) is 0 Å². The van der Waals surface area contributed by atoms with Crippen LogP contribution in [0.1, 0.15) is 337 Å². The summed E-state index contributed by atoms with van der Waals surface area (Å²) in [7, 11) is -9.89. The molecule has 0 saturated heterocycles. The summed E-state index contributed by atoms with van der Waals surface area (Å²) >= 11 is 0. The highest BCUT2D eigenvalue weighted by Gasteiger charge is 2.30. The van der Waals surface area contributed by atoms with E-state index in [0.29, 0.717) is 25.7 Å². The van der Waals surface area contributed by atoms with Crippen LogP contribution in [0.4, 0.5) is 0 Å². The molecule has 510 valence electrons. The van der Waals surface area contributed by atoms with Crippen molar-refractivity contribution in [1.82, 2.24) is 0 Å². The average Bonchev–Trinajstić information content (AvgIpc) is 3.47. The highest BCUT2D eigenvalue weighted by atomic mass is 31.2. The molecule has 0 aromatic rings. The second kappa shape index (κ2) is 59.4. The molecule has 0 aliphatic rings. The first-order chi connectivity index (χ1) is 41.4. The van der Waals surface area contributed by atoms with E-state index in [4.69, 9.17) is 37.0 Å². The van der Waals surface area contributed by atoms with E-state index in [1.165, 1.54) is 141 Å². The molecule has 0 aliphatic heterocycles. The number of carbonyl (C=O) groups excluding carboxylic acids is 4. The van der Waals surface area contributed by atoms with Crippen molar-refractivity contribution in [3.05, 3.63) is 0 Å². The molecule has 86 heavy (non-hydrogen) atoms. The van der Waals surface area contributed by atoms with E-state index in [1.807, 2.05) is 0 Å². The summed E-state index contributed by atoms with van der Waals surface area (Å²) in [5.74, 6) is -0.621. The van der Waals surface area contributed by atoms with Gasteiger partial charge < -0.3 is 33.8 Å². The lowest BCUT2D eigenvalue weighted by molar-refractivity contribution is -0.161. The van der Waals surface area contributed by atoms with Gasteiger partial charge in [-0.25, -0.2) is 9.13 Å². The van der Waals surface area contributed by atoms with Crippen molar-refractivity contribution < 1.29 is 80.2 Å². The third kappa shape index (κ3) is 60.9. The second-order valence-corrected chi connectivity index (χ2v) is 28.1. The first kappa shape index (κ1) is 84.1. The Labute approximate surface area is 524 Å². The number of hydrogen-bond donors (Lipinski definition) is 3. The van der Waals surface area contributed by atoms with Crippen LogP contribution < -0.4 is 0 Å². The highest BCUT2D eigenvalue weighted by molar-refractivity contribution is 7.47. The van der Waals surface area contributed by atoms with Gasteiger partial charge in [0.2, 0.25) is 0 Å². The van der Waals surface area contributed by atoms with E-state index in [9.17, 15) is 43.2 Å². The quantitative estimate of drug-likeness (QED) is 0.0222. The lowest BCUT2D eigenvalue weighted by atomic mass is 10.0. The Morgan fingerprint density at radius 3 is 0.791 bits per heavy atom. The lowest BCUT2D eigenvalue weighted by Crippen LogP contribution is -2.30. The maximum atomic E-state index is 13.0. The highest BCUT2D eigenvalue weighted by Crippen LogP contribution is 2.45. The summed E-state index contributed by atoms with van der Waals surface area (Å²) in [6, 6.07) is 0. The number of unbranched alkanes of at least 4 members (excludes halogenated alkanes) is 36. The van der Waals surface area contributed by atoms with E-state index in [0.717, 1.165) is 115 Å². The molecule has 2 unspecified atom stereocenters. The molecule has 0 spiro atoms. The van der Waals surface area contributed by atoms with Gasteiger partial charge in [-0.05, 0) is 37.5 Å². The normalized spacial score (nSPS) is 14.2. The van der Waals surface area contributed by atoms with Crippen molar-refractivity contribution >= 4 is 39.5 Å². The van der Waals surface area contributed by atoms with Gasteiger partial charge in [-0.1, -0.05) is 286 Å². The van der Waals surface area contributed by atoms with Crippen LogP contribution in [0.15, 0.2) is 0 Å². The molecule has 0 aromatic heterocycles. The number of aliphatic hydroxyl groups excluding tert-OH is 1. The molecular formula is C67H130O17P2. The number of ether oxygens (including phenoxy) is 4. The third-order valence-electron chi connectivity index (χ3n) is 15.5. The summed E-state index contributed by atoms with van der Waals surface area (Å²) in [5.41, 5.74) is 0. The molecule has 0 saturated carbocycles. The van der Waals surface area contributed by atoms with Crippen LogP contribution >= 0.6 is 15.6 Å². The van der Waals surface area contributed by atoms with Crippen LogP contribution in [0, 0.1) is 11.8 Å².